The minimum atomic E-state index is -0.217. The number of hydrogen-bond donors (Lipinski definition) is 2. The van der Waals surface area contributed by atoms with Crippen molar-refractivity contribution in [3.63, 3.8) is 0 Å². The Morgan fingerprint density at radius 2 is 2.06 bits per heavy atom. The van der Waals surface area contributed by atoms with Crippen molar-refractivity contribution in [3.8, 4) is 11.5 Å². The third kappa shape index (κ3) is 3.81. The predicted octanol–water partition coefficient (Wildman–Crippen LogP) is 1.13. The lowest BCUT2D eigenvalue weighted by atomic mass is 10.3. The summed E-state index contributed by atoms with van der Waals surface area (Å²) in [6, 6.07) is 6.79. The van der Waals surface area contributed by atoms with Crippen LogP contribution < -0.4 is 11.3 Å². The van der Waals surface area contributed by atoms with Crippen LogP contribution in [0.4, 0.5) is 0 Å². The van der Waals surface area contributed by atoms with Gasteiger partial charge in [0.25, 0.3) is 5.56 Å². The van der Waals surface area contributed by atoms with Gasteiger partial charge in [0.2, 0.25) is 0 Å². The standard InChI is InChI=1S/C10H10N4O.2ClH/c11-6-7-5-9(15)14-10(13-7)8-3-1-2-4-12-8;;/h1-5H,6,11H2,(H,13,14,15);2*1H. The van der Waals surface area contributed by atoms with Crippen molar-refractivity contribution in [3.05, 3.63) is 46.5 Å². The molecule has 0 atom stereocenters. The van der Waals surface area contributed by atoms with Crippen LogP contribution in [0.15, 0.2) is 35.3 Å². The summed E-state index contributed by atoms with van der Waals surface area (Å²) >= 11 is 0. The SMILES string of the molecule is Cl.Cl.NCc1cc(=O)[nH]c(-c2ccccn2)n1. The highest BCUT2D eigenvalue weighted by Gasteiger charge is 2.03. The average molecular weight is 275 g/mol. The molecule has 7 heteroatoms. The van der Waals surface area contributed by atoms with Gasteiger partial charge in [-0.15, -0.1) is 24.8 Å². The Balaban J connectivity index is 0.00000128. The number of aromatic amines is 1. The zero-order valence-electron chi connectivity index (χ0n) is 8.79. The van der Waals surface area contributed by atoms with Crippen molar-refractivity contribution in [2.75, 3.05) is 0 Å². The summed E-state index contributed by atoms with van der Waals surface area (Å²) in [6.07, 6.45) is 1.64. The van der Waals surface area contributed by atoms with Gasteiger partial charge < -0.3 is 10.7 Å². The van der Waals surface area contributed by atoms with Crippen LogP contribution >= 0.6 is 24.8 Å². The first kappa shape index (κ1) is 15.6. The molecule has 0 aliphatic carbocycles. The number of pyridine rings is 1. The van der Waals surface area contributed by atoms with Gasteiger partial charge in [-0.2, -0.15) is 0 Å². The highest BCUT2D eigenvalue weighted by atomic mass is 35.5. The minimum Gasteiger partial charge on any atom is -0.325 e. The first-order valence-corrected chi connectivity index (χ1v) is 4.51. The molecule has 5 nitrogen and oxygen atoms in total. The van der Waals surface area contributed by atoms with E-state index < -0.39 is 0 Å². The van der Waals surface area contributed by atoms with Crippen molar-refractivity contribution in [1.82, 2.24) is 15.0 Å². The molecule has 3 N–H and O–H groups in total. The van der Waals surface area contributed by atoms with Crippen LogP contribution in [0.5, 0.6) is 0 Å². The number of nitrogens with one attached hydrogen (secondary N) is 1. The molecule has 0 saturated carbocycles. The first-order chi connectivity index (χ1) is 7.29. The molecule has 0 aliphatic rings. The van der Waals surface area contributed by atoms with Crippen molar-refractivity contribution >= 4 is 24.8 Å². The van der Waals surface area contributed by atoms with E-state index in [1.807, 2.05) is 6.07 Å². The Labute approximate surface area is 110 Å². The fourth-order valence-electron chi connectivity index (χ4n) is 1.24. The molecule has 0 saturated heterocycles. The van der Waals surface area contributed by atoms with Gasteiger partial charge in [-0.3, -0.25) is 9.78 Å². The molecule has 17 heavy (non-hydrogen) atoms. The maximum absolute atomic E-state index is 11.3. The third-order valence-electron chi connectivity index (χ3n) is 1.91. The minimum absolute atomic E-state index is 0. The second kappa shape index (κ2) is 7.01. The lowest BCUT2D eigenvalue weighted by molar-refractivity contribution is 0.951. The van der Waals surface area contributed by atoms with Crippen LogP contribution in [-0.2, 0) is 6.54 Å². The van der Waals surface area contributed by atoms with E-state index in [0.717, 1.165) is 0 Å². The summed E-state index contributed by atoms with van der Waals surface area (Å²) in [7, 11) is 0. The highest BCUT2D eigenvalue weighted by molar-refractivity contribution is 5.85. The molecule has 0 aromatic carbocycles. The van der Waals surface area contributed by atoms with Gasteiger partial charge in [0, 0.05) is 18.8 Å². The molecular weight excluding hydrogens is 263 g/mol. The van der Waals surface area contributed by atoms with Crippen LogP contribution in [-0.4, -0.2) is 15.0 Å². The number of halogens is 2. The Morgan fingerprint density at radius 3 is 2.65 bits per heavy atom. The Morgan fingerprint density at radius 1 is 1.29 bits per heavy atom. The van der Waals surface area contributed by atoms with Crippen molar-refractivity contribution in [2.24, 2.45) is 5.73 Å². The van der Waals surface area contributed by atoms with E-state index in [2.05, 4.69) is 15.0 Å². The van der Waals surface area contributed by atoms with E-state index >= 15 is 0 Å². The number of nitrogens with two attached hydrogens (primary N) is 1. The zero-order chi connectivity index (χ0) is 10.7. The van der Waals surface area contributed by atoms with E-state index in [9.17, 15) is 4.79 Å². The van der Waals surface area contributed by atoms with Crippen molar-refractivity contribution in [2.45, 2.75) is 6.54 Å². The smallest absolute Gasteiger partial charge is 0.251 e. The average Bonchev–Trinajstić information content (AvgIpc) is 2.29. The molecule has 2 heterocycles. The number of nitrogens with zero attached hydrogens (tertiary/aromatic N) is 2. The van der Waals surface area contributed by atoms with Gasteiger partial charge in [-0.25, -0.2) is 4.98 Å². The lowest BCUT2D eigenvalue weighted by Gasteiger charge is -2.01. The molecule has 0 fully saturated rings. The molecular formula is C10H12Cl2N4O. The Bertz CT molecular complexity index is 515. The van der Waals surface area contributed by atoms with Crippen LogP contribution in [0.3, 0.4) is 0 Å². The fourth-order valence-corrected chi connectivity index (χ4v) is 1.24. The molecule has 0 unspecified atom stereocenters. The number of hydrogen-bond acceptors (Lipinski definition) is 4. The Kier molecular flexibility index (Phi) is 6.42. The van der Waals surface area contributed by atoms with Gasteiger partial charge in [-0.1, -0.05) is 6.07 Å². The molecule has 0 spiro atoms. The van der Waals surface area contributed by atoms with E-state index in [1.54, 1.807) is 18.3 Å². The largest absolute Gasteiger partial charge is 0.325 e. The van der Waals surface area contributed by atoms with Crippen LogP contribution in [0.1, 0.15) is 5.69 Å². The molecule has 2 rings (SSSR count). The number of H-pyrrole nitrogens is 1. The number of rotatable bonds is 2. The van der Waals surface area contributed by atoms with E-state index in [4.69, 9.17) is 5.73 Å². The third-order valence-corrected chi connectivity index (χ3v) is 1.91. The topological polar surface area (TPSA) is 84.7 Å². The molecule has 2 aromatic rings. The van der Waals surface area contributed by atoms with Crippen LogP contribution in [0, 0.1) is 0 Å². The van der Waals surface area contributed by atoms with E-state index in [1.165, 1.54) is 6.07 Å². The van der Waals surface area contributed by atoms with E-state index in [0.29, 0.717) is 17.2 Å². The summed E-state index contributed by atoms with van der Waals surface area (Å²) in [4.78, 5) is 22.1. The van der Waals surface area contributed by atoms with Crippen molar-refractivity contribution in [1.29, 1.82) is 0 Å². The monoisotopic (exact) mass is 274 g/mol. The zero-order valence-corrected chi connectivity index (χ0v) is 10.4. The van der Waals surface area contributed by atoms with Gasteiger partial charge in [0.1, 0.15) is 5.69 Å². The van der Waals surface area contributed by atoms with Crippen molar-refractivity contribution < 1.29 is 0 Å². The molecule has 0 aliphatic heterocycles. The predicted molar refractivity (Wildman–Crippen MR) is 70.5 cm³/mol. The summed E-state index contributed by atoms with van der Waals surface area (Å²) < 4.78 is 0. The summed E-state index contributed by atoms with van der Waals surface area (Å²) in [5.41, 5.74) is 6.40. The second-order valence-corrected chi connectivity index (χ2v) is 3.00. The maximum atomic E-state index is 11.3. The van der Waals surface area contributed by atoms with Gasteiger partial charge in [0.15, 0.2) is 5.82 Å². The number of aromatic nitrogens is 3. The van der Waals surface area contributed by atoms with Crippen LogP contribution in [0.2, 0.25) is 0 Å². The quantitative estimate of drug-likeness (QED) is 0.860. The van der Waals surface area contributed by atoms with Gasteiger partial charge in [0.05, 0.1) is 5.69 Å². The molecule has 0 bridgehead atoms. The Hall–Kier alpha value is -1.43. The molecule has 92 valence electrons. The normalized spacial score (nSPS) is 9.00. The molecule has 2 aromatic heterocycles. The molecule has 0 radical (unpaired) electrons. The first-order valence-electron chi connectivity index (χ1n) is 4.51. The summed E-state index contributed by atoms with van der Waals surface area (Å²) in [5.74, 6) is 0.448. The summed E-state index contributed by atoms with van der Waals surface area (Å²) in [6.45, 7) is 0.240. The van der Waals surface area contributed by atoms with E-state index in [-0.39, 0.29) is 36.9 Å². The molecule has 0 amide bonds. The van der Waals surface area contributed by atoms with Gasteiger partial charge in [-0.05, 0) is 12.1 Å². The second-order valence-electron chi connectivity index (χ2n) is 3.00. The van der Waals surface area contributed by atoms with Gasteiger partial charge >= 0.3 is 0 Å². The lowest BCUT2D eigenvalue weighted by Crippen LogP contribution is -2.13. The maximum Gasteiger partial charge on any atom is 0.251 e. The highest BCUT2D eigenvalue weighted by Crippen LogP contribution is 2.08. The summed E-state index contributed by atoms with van der Waals surface area (Å²) in [5, 5.41) is 0. The van der Waals surface area contributed by atoms with Crippen LogP contribution in [0.25, 0.3) is 11.5 Å². The fraction of sp³-hybridized carbons (Fsp3) is 0.100.